The molecule has 0 aliphatic carbocycles. The van der Waals surface area contributed by atoms with Gasteiger partial charge >= 0.3 is 0 Å². The van der Waals surface area contributed by atoms with Crippen LogP contribution in [0.3, 0.4) is 0 Å². The van der Waals surface area contributed by atoms with E-state index >= 15 is 0 Å². The summed E-state index contributed by atoms with van der Waals surface area (Å²) in [5, 5.41) is 5.77. The summed E-state index contributed by atoms with van der Waals surface area (Å²) in [5.74, 6) is -1.34. The van der Waals surface area contributed by atoms with Gasteiger partial charge in [-0.05, 0) is 38.2 Å². The fraction of sp³-hybridized carbons (Fsp3) is 0.222. The van der Waals surface area contributed by atoms with E-state index in [0.29, 0.717) is 15.7 Å². The molecular formula is C18H18Cl2FN3O2. The van der Waals surface area contributed by atoms with Crippen LogP contribution in [0.4, 0.5) is 15.8 Å². The highest BCUT2D eigenvalue weighted by Gasteiger charge is 2.21. The van der Waals surface area contributed by atoms with Gasteiger partial charge in [0.15, 0.2) is 0 Å². The number of carbonyl (C=O) groups excluding carboxylic acids is 2. The van der Waals surface area contributed by atoms with Crippen LogP contribution >= 0.6 is 23.2 Å². The lowest BCUT2D eigenvalue weighted by atomic mass is 10.2. The molecule has 2 amide bonds. The number of rotatable bonds is 6. The second kappa shape index (κ2) is 8.98. The van der Waals surface area contributed by atoms with Crippen LogP contribution in [0.2, 0.25) is 10.0 Å². The molecule has 26 heavy (non-hydrogen) atoms. The lowest BCUT2D eigenvalue weighted by Crippen LogP contribution is -2.43. The Morgan fingerprint density at radius 2 is 1.69 bits per heavy atom. The standard InChI is InChI=1S/C18H18Cl2FN3O2/c1-11(18(26)22-15-9-4-3-8-14(15)21)24(2)10-16(25)23-17-12(19)6-5-7-13(17)20/h3-9,11H,10H2,1-2H3,(H,22,26)(H,23,25)/t11-/m0/s1. The molecule has 0 aromatic heterocycles. The number of nitrogens with one attached hydrogen (secondary N) is 2. The zero-order chi connectivity index (χ0) is 19.3. The van der Waals surface area contributed by atoms with Gasteiger partial charge < -0.3 is 10.6 Å². The van der Waals surface area contributed by atoms with Crippen LogP contribution in [0.15, 0.2) is 42.5 Å². The Bertz CT molecular complexity index is 797. The Hall–Kier alpha value is -2.15. The van der Waals surface area contributed by atoms with Crippen LogP contribution in [0, 0.1) is 5.82 Å². The Balaban J connectivity index is 1.95. The third kappa shape index (κ3) is 5.17. The first-order valence-corrected chi connectivity index (χ1v) is 8.54. The molecule has 0 fully saturated rings. The first-order chi connectivity index (χ1) is 12.3. The fourth-order valence-corrected chi connectivity index (χ4v) is 2.65. The first kappa shape index (κ1) is 20.2. The second-order valence-corrected chi connectivity index (χ2v) is 6.52. The van der Waals surface area contributed by atoms with Gasteiger partial charge in [-0.3, -0.25) is 14.5 Å². The highest BCUT2D eigenvalue weighted by atomic mass is 35.5. The van der Waals surface area contributed by atoms with E-state index in [1.54, 1.807) is 38.2 Å². The molecule has 2 N–H and O–H groups in total. The van der Waals surface area contributed by atoms with Crippen molar-refractivity contribution in [3.05, 3.63) is 58.3 Å². The molecule has 0 aliphatic heterocycles. The maximum absolute atomic E-state index is 13.6. The van der Waals surface area contributed by atoms with Crippen LogP contribution in [-0.4, -0.2) is 36.3 Å². The average Bonchev–Trinajstić information content (AvgIpc) is 2.59. The molecule has 138 valence electrons. The average molecular weight is 398 g/mol. The lowest BCUT2D eigenvalue weighted by molar-refractivity contribution is -0.122. The summed E-state index contributed by atoms with van der Waals surface area (Å²) < 4.78 is 13.6. The highest BCUT2D eigenvalue weighted by molar-refractivity contribution is 6.39. The van der Waals surface area contributed by atoms with Gasteiger partial charge in [-0.15, -0.1) is 0 Å². The summed E-state index contributed by atoms with van der Waals surface area (Å²) in [4.78, 5) is 26.0. The summed E-state index contributed by atoms with van der Waals surface area (Å²) in [6, 6.07) is 10.1. The monoisotopic (exact) mass is 397 g/mol. The number of carbonyl (C=O) groups is 2. The molecule has 1 atom stereocenters. The normalized spacial score (nSPS) is 11.9. The van der Waals surface area contributed by atoms with Gasteiger partial charge in [0.2, 0.25) is 11.8 Å². The molecule has 0 heterocycles. The number of halogens is 3. The lowest BCUT2D eigenvalue weighted by Gasteiger charge is -2.23. The number of likely N-dealkylation sites (N-methyl/N-ethyl adjacent to an activating group) is 1. The van der Waals surface area contributed by atoms with E-state index in [2.05, 4.69) is 10.6 Å². The van der Waals surface area contributed by atoms with Gasteiger partial charge in [0.25, 0.3) is 0 Å². The maximum Gasteiger partial charge on any atom is 0.241 e. The molecule has 0 saturated heterocycles. The third-order valence-corrected chi connectivity index (χ3v) is 4.42. The summed E-state index contributed by atoms with van der Waals surface area (Å²) in [6.07, 6.45) is 0. The Labute approximate surface area is 161 Å². The van der Waals surface area contributed by atoms with Crippen molar-refractivity contribution in [3.63, 3.8) is 0 Å². The topological polar surface area (TPSA) is 61.4 Å². The second-order valence-electron chi connectivity index (χ2n) is 5.71. The van der Waals surface area contributed by atoms with Crippen molar-refractivity contribution < 1.29 is 14.0 Å². The van der Waals surface area contributed by atoms with Crippen molar-refractivity contribution in [1.29, 1.82) is 0 Å². The van der Waals surface area contributed by atoms with Crippen LogP contribution < -0.4 is 10.6 Å². The molecule has 2 aromatic carbocycles. The van der Waals surface area contributed by atoms with Gasteiger partial charge in [-0.25, -0.2) is 4.39 Å². The largest absolute Gasteiger partial charge is 0.322 e. The molecular weight excluding hydrogens is 380 g/mol. The van der Waals surface area contributed by atoms with Crippen molar-refractivity contribution in [2.45, 2.75) is 13.0 Å². The number of para-hydroxylation sites is 2. The van der Waals surface area contributed by atoms with E-state index in [9.17, 15) is 14.0 Å². The summed E-state index contributed by atoms with van der Waals surface area (Å²) >= 11 is 12.0. The smallest absolute Gasteiger partial charge is 0.241 e. The predicted molar refractivity (Wildman–Crippen MR) is 102 cm³/mol. The molecule has 0 saturated carbocycles. The number of hydrogen-bond acceptors (Lipinski definition) is 3. The van der Waals surface area contributed by atoms with Crippen molar-refractivity contribution in [3.8, 4) is 0 Å². The van der Waals surface area contributed by atoms with Gasteiger partial charge in [-0.1, -0.05) is 41.4 Å². The zero-order valence-corrected chi connectivity index (χ0v) is 15.7. The van der Waals surface area contributed by atoms with Crippen molar-refractivity contribution in [1.82, 2.24) is 4.90 Å². The van der Waals surface area contributed by atoms with E-state index < -0.39 is 17.8 Å². The number of nitrogens with zero attached hydrogens (tertiary/aromatic N) is 1. The van der Waals surface area contributed by atoms with Gasteiger partial charge in [0, 0.05) is 0 Å². The minimum Gasteiger partial charge on any atom is -0.322 e. The Kier molecular flexibility index (Phi) is 6.97. The molecule has 5 nitrogen and oxygen atoms in total. The Morgan fingerprint density at radius 1 is 1.08 bits per heavy atom. The quantitative estimate of drug-likeness (QED) is 0.773. The predicted octanol–water partition coefficient (Wildman–Crippen LogP) is 4.03. The van der Waals surface area contributed by atoms with Crippen molar-refractivity contribution in [2.75, 3.05) is 24.2 Å². The van der Waals surface area contributed by atoms with Gasteiger partial charge in [-0.2, -0.15) is 0 Å². The molecule has 0 radical (unpaired) electrons. The zero-order valence-electron chi connectivity index (χ0n) is 14.2. The van der Waals surface area contributed by atoms with Gasteiger partial charge in [0.05, 0.1) is 34.0 Å². The summed E-state index contributed by atoms with van der Waals surface area (Å²) in [7, 11) is 1.61. The number of anilines is 2. The van der Waals surface area contributed by atoms with E-state index in [0.717, 1.165) is 0 Å². The molecule has 0 spiro atoms. The SMILES string of the molecule is C[C@@H](C(=O)Nc1ccccc1F)N(C)CC(=O)Nc1c(Cl)cccc1Cl. The first-order valence-electron chi connectivity index (χ1n) is 7.79. The maximum atomic E-state index is 13.6. The van der Waals surface area contributed by atoms with Crippen LogP contribution in [0.5, 0.6) is 0 Å². The molecule has 0 bridgehead atoms. The highest BCUT2D eigenvalue weighted by Crippen LogP contribution is 2.29. The van der Waals surface area contributed by atoms with Gasteiger partial charge in [0.1, 0.15) is 5.82 Å². The third-order valence-electron chi connectivity index (χ3n) is 3.79. The molecule has 2 aromatic rings. The minimum absolute atomic E-state index is 0.0760. The van der Waals surface area contributed by atoms with Crippen LogP contribution in [-0.2, 0) is 9.59 Å². The van der Waals surface area contributed by atoms with E-state index in [1.165, 1.54) is 23.1 Å². The number of benzene rings is 2. The Morgan fingerprint density at radius 3 is 2.31 bits per heavy atom. The molecule has 8 heteroatoms. The summed E-state index contributed by atoms with van der Waals surface area (Å²) in [5.41, 5.74) is 0.405. The molecule has 0 unspecified atom stereocenters. The summed E-state index contributed by atoms with van der Waals surface area (Å²) in [6.45, 7) is 1.54. The van der Waals surface area contributed by atoms with E-state index in [-0.39, 0.29) is 18.1 Å². The molecule has 2 rings (SSSR count). The van der Waals surface area contributed by atoms with E-state index in [1.807, 2.05) is 0 Å². The van der Waals surface area contributed by atoms with Crippen LogP contribution in [0.1, 0.15) is 6.92 Å². The van der Waals surface area contributed by atoms with Crippen molar-refractivity contribution >= 4 is 46.4 Å². The number of amides is 2. The van der Waals surface area contributed by atoms with Crippen LogP contribution in [0.25, 0.3) is 0 Å². The fourth-order valence-electron chi connectivity index (χ4n) is 2.16. The number of hydrogen-bond donors (Lipinski definition) is 2. The van der Waals surface area contributed by atoms with E-state index in [4.69, 9.17) is 23.2 Å². The van der Waals surface area contributed by atoms with Crippen molar-refractivity contribution in [2.24, 2.45) is 0 Å². The molecule has 0 aliphatic rings. The minimum atomic E-state index is -0.665.